The fourth-order valence-corrected chi connectivity index (χ4v) is 2.96. The van der Waals surface area contributed by atoms with Gasteiger partial charge in [-0.1, -0.05) is 24.3 Å². The van der Waals surface area contributed by atoms with Gasteiger partial charge in [0, 0.05) is 9.11 Å². The molecule has 2 aromatic rings. The van der Waals surface area contributed by atoms with Crippen molar-refractivity contribution in [3.05, 3.63) is 68.5 Å². The summed E-state index contributed by atoms with van der Waals surface area (Å²) in [5.41, 5.74) is 2.35. The van der Waals surface area contributed by atoms with Crippen molar-refractivity contribution in [3.63, 3.8) is 0 Å². The predicted octanol–water partition coefficient (Wildman–Crippen LogP) is 4.49. The van der Waals surface area contributed by atoms with Crippen molar-refractivity contribution >= 4 is 28.5 Å². The van der Waals surface area contributed by atoms with Crippen LogP contribution in [-0.2, 0) is 6.42 Å². The van der Waals surface area contributed by atoms with Gasteiger partial charge in [-0.2, -0.15) is 0 Å². The molecule has 0 heterocycles. The zero-order valence-corrected chi connectivity index (χ0v) is 15.1. The quantitative estimate of drug-likeness (QED) is 0.739. The van der Waals surface area contributed by atoms with Crippen LogP contribution < -0.4 is 5.32 Å². The molecule has 2 nitrogen and oxygen atoms in total. The molecule has 0 spiro atoms. The van der Waals surface area contributed by atoms with Crippen LogP contribution >= 0.6 is 22.6 Å². The second-order valence-corrected chi connectivity index (χ2v) is 7.23. The third-order valence-electron chi connectivity index (χ3n) is 3.52. The molecular formula is C18H19FINO. The molecule has 0 radical (unpaired) electrons. The first kappa shape index (κ1) is 16.9. The number of hydrogen-bond donors (Lipinski definition) is 1. The molecule has 0 aliphatic rings. The Morgan fingerprint density at radius 3 is 2.59 bits per heavy atom. The van der Waals surface area contributed by atoms with Crippen molar-refractivity contribution in [3.8, 4) is 0 Å². The lowest BCUT2D eigenvalue weighted by atomic mass is 9.92. The van der Waals surface area contributed by atoms with Gasteiger partial charge in [-0.25, -0.2) is 4.39 Å². The van der Waals surface area contributed by atoms with Crippen LogP contribution in [0.1, 0.15) is 35.3 Å². The number of benzene rings is 2. The molecule has 0 aliphatic carbocycles. The van der Waals surface area contributed by atoms with E-state index in [1.807, 2.05) is 48.6 Å². The van der Waals surface area contributed by atoms with Gasteiger partial charge in [0.25, 0.3) is 5.91 Å². The molecule has 116 valence electrons. The highest BCUT2D eigenvalue weighted by Gasteiger charge is 2.23. The van der Waals surface area contributed by atoms with Crippen LogP contribution in [-0.4, -0.2) is 11.4 Å². The fourth-order valence-electron chi connectivity index (χ4n) is 2.37. The van der Waals surface area contributed by atoms with Gasteiger partial charge in [-0.05, 0) is 79.1 Å². The lowest BCUT2D eigenvalue weighted by Crippen LogP contribution is -2.45. The molecule has 22 heavy (non-hydrogen) atoms. The van der Waals surface area contributed by atoms with Gasteiger partial charge >= 0.3 is 0 Å². The highest BCUT2D eigenvalue weighted by atomic mass is 127. The van der Waals surface area contributed by atoms with Gasteiger partial charge in [-0.15, -0.1) is 0 Å². The van der Waals surface area contributed by atoms with Gasteiger partial charge in [-0.3, -0.25) is 4.79 Å². The van der Waals surface area contributed by atoms with E-state index in [0.717, 1.165) is 9.99 Å². The normalized spacial score (nSPS) is 11.3. The molecule has 0 saturated carbocycles. The van der Waals surface area contributed by atoms with Gasteiger partial charge in [0.2, 0.25) is 0 Å². The van der Waals surface area contributed by atoms with E-state index >= 15 is 0 Å². The molecule has 0 atom stereocenters. The molecule has 2 aromatic carbocycles. The Labute approximate surface area is 144 Å². The largest absolute Gasteiger partial charge is 0.347 e. The summed E-state index contributed by atoms with van der Waals surface area (Å²) in [6, 6.07) is 12.4. The minimum absolute atomic E-state index is 0.248. The molecule has 0 aliphatic heterocycles. The molecule has 4 heteroatoms. The zero-order chi connectivity index (χ0) is 16.3. The highest BCUT2D eigenvalue weighted by molar-refractivity contribution is 14.1. The average molecular weight is 411 g/mol. The summed E-state index contributed by atoms with van der Waals surface area (Å²) in [5.74, 6) is -0.648. The van der Waals surface area contributed by atoms with Crippen molar-refractivity contribution in [2.45, 2.75) is 32.7 Å². The van der Waals surface area contributed by atoms with Gasteiger partial charge in [0.1, 0.15) is 5.82 Å². The Morgan fingerprint density at radius 1 is 1.23 bits per heavy atom. The highest BCUT2D eigenvalue weighted by Crippen LogP contribution is 2.19. The first-order valence-electron chi connectivity index (χ1n) is 7.10. The third-order valence-corrected chi connectivity index (χ3v) is 4.46. The van der Waals surface area contributed by atoms with E-state index in [2.05, 4.69) is 24.4 Å². The number of halogens is 2. The minimum Gasteiger partial charge on any atom is -0.347 e. The van der Waals surface area contributed by atoms with Gasteiger partial charge in [0.05, 0.1) is 5.56 Å². The summed E-state index contributed by atoms with van der Waals surface area (Å²) >= 11 is 2.05. The van der Waals surface area contributed by atoms with E-state index < -0.39 is 11.4 Å². The molecule has 0 fully saturated rings. The number of rotatable bonds is 4. The van der Waals surface area contributed by atoms with Crippen LogP contribution in [0.15, 0.2) is 42.5 Å². The Bertz CT molecular complexity index is 697. The van der Waals surface area contributed by atoms with E-state index in [0.29, 0.717) is 5.56 Å². The number of hydrogen-bond acceptors (Lipinski definition) is 1. The molecular weight excluding hydrogens is 392 g/mol. The van der Waals surface area contributed by atoms with Crippen molar-refractivity contribution in [1.82, 2.24) is 5.32 Å². The van der Waals surface area contributed by atoms with Crippen LogP contribution in [0, 0.1) is 16.3 Å². The summed E-state index contributed by atoms with van der Waals surface area (Å²) in [4.78, 5) is 12.4. The van der Waals surface area contributed by atoms with Crippen LogP contribution in [0.25, 0.3) is 0 Å². The summed E-state index contributed by atoms with van der Waals surface area (Å²) in [6.45, 7) is 6.01. The summed E-state index contributed by atoms with van der Waals surface area (Å²) in [5, 5.41) is 3.01. The Kier molecular flexibility index (Phi) is 5.21. The van der Waals surface area contributed by atoms with E-state index in [4.69, 9.17) is 0 Å². The Balaban J connectivity index is 2.16. The Morgan fingerprint density at radius 2 is 1.91 bits per heavy atom. The van der Waals surface area contributed by atoms with Crippen molar-refractivity contribution in [1.29, 1.82) is 0 Å². The van der Waals surface area contributed by atoms with Crippen LogP contribution in [0.4, 0.5) is 4.39 Å². The molecule has 1 N–H and O–H groups in total. The summed E-state index contributed by atoms with van der Waals surface area (Å²) < 4.78 is 14.1. The van der Waals surface area contributed by atoms with Crippen LogP contribution in [0.5, 0.6) is 0 Å². The smallest absolute Gasteiger partial charge is 0.252 e. The lowest BCUT2D eigenvalue weighted by molar-refractivity contribution is 0.0911. The SMILES string of the molecule is Cc1ccccc1CC(C)(C)NC(=O)c1cc(F)ccc1I. The Hall–Kier alpha value is -1.43. The van der Waals surface area contributed by atoms with E-state index in [1.54, 1.807) is 6.07 Å². The van der Waals surface area contributed by atoms with Crippen molar-refractivity contribution in [2.24, 2.45) is 0 Å². The standard InChI is InChI=1S/C18H19FINO/c1-12-6-4-5-7-13(12)11-18(2,3)21-17(22)15-10-14(19)8-9-16(15)20/h4-10H,11H2,1-3H3,(H,21,22). The molecule has 2 rings (SSSR count). The molecule has 0 bridgehead atoms. The number of amides is 1. The maximum atomic E-state index is 13.4. The maximum absolute atomic E-state index is 13.4. The molecule has 0 aromatic heterocycles. The first-order valence-corrected chi connectivity index (χ1v) is 8.18. The van der Waals surface area contributed by atoms with Gasteiger partial charge in [0.15, 0.2) is 0 Å². The average Bonchev–Trinajstić information content (AvgIpc) is 2.43. The second kappa shape index (κ2) is 6.77. The topological polar surface area (TPSA) is 29.1 Å². The maximum Gasteiger partial charge on any atom is 0.252 e. The summed E-state index contributed by atoms with van der Waals surface area (Å²) in [6.07, 6.45) is 0.720. The predicted molar refractivity (Wildman–Crippen MR) is 95.5 cm³/mol. The molecule has 0 saturated heterocycles. The number of carbonyl (C=O) groups excluding carboxylic acids is 1. The van der Waals surface area contributed by atoms with Crippen molar-refractivity contribution < 1.29 is 9.18 Å². The number of carbonyl (C=O) groups is 1. The first-order chi connectivity index (χ1) is 10.3. The van der Waals surface area contributed by atoms with Gasteiger partial charge < -0.3 is 5.32 Å². The molecule has 1 amide bonds. The fraction of sp³-hybridized carbons (Fsp3) is 0.278. The minimum atomic E-state index is -0.418. The second-order valence-electron chi connectivity index (χ2n) is 6.07. The van der Waals surface area contributed by atoms with E-state index in [1.165, 1.54) is 23.3 Å². The van der Waals surface area contributed by atoms with Crippen LogP contribution in [0.3, 0.4) is 0 Å². The number of nitrogens with one attached hydrogen (secondary N) is 1. The third kappa shape index (κ3) is 4.29. The summed E-state index contributed by atoms with van der Waals surface area (Å²) in [7, 11) is 0. The lowest BCUT2D eigenvalue weighted by Gasteiger charge is -2.27. The van der Waals surface area contributed by atoms with E-state index in [9.17, 15) is 9.18 Å². The van der Waals surface area contributed by atoms with Crippen molar-refractivity contribution in [2.75, 3.05) is 0 Å². The van der Waals surface area contributed by atoms with Crippen LogP contribution in [0.2, 0.25) is 0 Å². The zero-order valence-electron chi connectivity index (χ0n) is 12.9. The molecule has 0 unspecified atom stereocenters. The monoisotopic (exact) mass is 411 g/mol. The van der Waals surface area contributed by atoms with E-state index in [-0.39, 0.29) is 5.91 Å². The number of aryl methyl sites for hydroxylation is 1.